The Kier molecular flexibility index (Phi) is 15.4. The lowest BCUT2D eigenvalue weighted by Crippen LogP contribution is -2.19. The van der Waals surface area contributed by atoms with E-state index in [0.717, 1.165) is 36.0 Å². The first-order chi connectivity index (χ1) is 17.8. The zero-order chi connectivity index (χ0) is 28.8. The van der Waals surface area contributed by atoms with Crippen molar-refractivity contribution in [3.63, 3.8) is 0 Å². The molecule has 1 unspecified atom stereocenters. The van der Waals surface area contributed by atoms with Gasteiger partial charge in [0.2, 0.25) is 0 Å². The minimum absolute atomic E-state index is 0.0400. The molecule has 0 aromatic heterocycles. The van der Waals surface area contributed by atoms with Crippen LogP contribution in [0.5, 0.6) is 5.75 Å². The number of unbranched alkanes of at least 4 members (excludes halogenated alkanes) is 10. The molecule has 0 spiro atoms. The van der Waals surface area contributed by atoms with E-state index in [-0.39, 0.29) is 23.2 Å². The Balaban J connectivity index is 2.91. The number of phenols is 1. The monoisotopic (exact) mass is 550 g/mol. The first-order valence-electron chi connectivity index (χ1n) is 14.7. The Morgan fingerprint density at radius 1 is 0.789 bits per heavy atom. The predicted molar refractivity (Wildman–Crippen MR) is 159 cm³/mol. The van der Waals surface area contributed by atoms with Gasteiger partial charge in [0, 0.05) is 6.92 Å². The largest absolute Gasteiger partial charge is 0.507 e. The summed E-state index contributed by atoms with van der Waals surface area (Å²) in [7, 11) is 0. The molecule has 0 bridgehead atoms. The maximum Gasteiger partial charge on any atom is 0.321 e. The zero-order valence-corrected chi connectivity index (χ0v) is 26.2. The van der Waals surface area contributed by atoms with Crippen LogP contribution in [0, 0.1) is 0 Å². The lowest BCUT2D eigenvalue weighted by Gasteiger charge is -2.30. The van der Waals surface area contributed by atoms with Crippen molar-refractivity contribution in [2.75, 3.05) is 0 Å². The van der Waals surface area contributed by atoms with Crippen molar-refractivity contribution in [1.82, 2.24) is 0 Å². The van der Waals surface area contributed by atoms with E-state index in [1.807, 2.05) is 0 Å². The van der Waals surface area contributed by atoms with E-state index in [1.165, 1.54) is 64.7 Å². The average molecular weight is 551 g/mol. The summed E-state index contributed by atoms with van der Waals surface area (Å²) < 4.78 is 9.83. The van der Waals surface area contributed by atoms with Gasteiger partial charge in [0.05, 0.1) is 6.42 Å². The van der Waals surface area contributed by atoms with E-state index in [4.69, 9.17) is 8.37 Å². The van der Waals surface area contributed by atoms with Gasteiger partial charge in [-0.15, -0.1) is 0 Å². The van der Waals surface area contributed by atoms with Crippen molar-refractivity contribution >= 4 is 24.3 Å². The molecular weight excluding hydrogens is 496 g/mol. The number of benzene rings is 1. The van der Waals surface area contributed by atoms with Crippen LogP contribution in [0.4, 0.5) is 0 Å². The highest BCUT2D eigenvalue weighted by atomic mass is 32.2. The van der Waals surface area contributed by atoms with Crippen LogP contribution in [0.1, 0.15) is 161 Å². The Labute approximate surface area is 237 Å². The topological polar surface area (TPSA) is 72.8 Å². The number of carbonyl (C=O) groups is 2. The molecule has 1 aromatic rings. The summed E-state index contributed by atoms with van der Waals surface area (Å²) in [5.41, 5.74) is 2.36. The molecule has 1 aromatic carbocycles. The Morgan fingerprint density at radius 3 is 1.66 bits per heavy atom. The maximum atomic E-state index is 12.7. The fourth-order valence-electron chi connectivity index (χ4n) is 4.82. The predicted octanol–water partition coefficient (Wildman–Crippen LogP) is 9.83. The van der Waals surface area contributed by atoms with E-state index in [2.05, 4.69) is 60.6 Å². The highest BCUT2D eigenvalue weighted by Crippen LogP contribution is 2.42. The maximum absolute atomic E-state index is 12.7. The molecule has 0 aliphatic rings. The fraction of sp³-hybridized carbons (Fsp3) is 0.750. The molecule has 6 heteroatoms. The molecule has 0 saturated heterocycles. The van der Waals surface area contributed by atoms with Crippen LogP contribution in [-0.2, 0) is 28.8 Å². The summed E-state index contributed by atoms with van der Waals surface area (Å²) in [5, 5.41) is 11.2. The third-order valence-corrected chi connectivity index (χ3v) is 7.62. The minimum atomic E-state index is -0.511. The van der Waals surface area contributed by atoms with E-state index < -0.39 is 11.9 Å². The second-order valence-electron chi connectivity index (χ2n) is 12.8. The third-order valence-electron chi connectivity index (χ3n) is 7.07. The second kappa shape index (κ2) is 17.1. The lowest BCUT2D eigenvalue weighted by molar-refractivity contribution is -0.135. The number of rotatable bonds is 17. The SMILES string of the molecule is CCCCCCCCCCCCCC(CC(=O)OSOC(C)=O)c1cc(C(C)(C)C)c(O)c(C(C)(C)C)c1. The van der Waals surface area contributed by atoms with Gasteiger partial charge in [0.15, 0.2) is 0 Å². The molecule has 0 aliphatic carbocycles. The smallest absolute Gasteiger partial charge is 0.321 e. The molecule has 5 nitrogen and oxygen atoms in total. The standard InChI is InChI=1S/C32H54O5S/c1-9-10-11-12-13-14-15-16-17-18-19-20-25(23-29(34)37-38-36-24(2)33)26-21-27(31(3,4)5)30(35)28(22-26)32(6,7)8/h21-22,25,35H,9-20,23H2,1-8H3. The molecule has 38 heavy (non-hydrogen) atoms. The fourth-order valence-corrected chi connectivity index (χ4v) is 5.09. The van der Waals surface area contributed by atoms with Crippen LogP contribution >= 0.6 is 12.3 Å². The second-order valence-corrected chi connectivity index (χ2v) is 13.3. The molecule has 0 fully saturated rings. The average Bonchev–Trinajstić information content (AvgIpc) is 2.80. The van der Waals surface area contributed by atoms with E-state index in [0.29, 0.717) is 18.1 Å². The van der Waals surface area contributed by atoms with Gasteiger partial charge >= 0.3 is 11.9 Å². The molecule has 0 aliphatic heterocycles. The van der Waals surface area contributed by atoms with Crippen LogP contribution in [0.15, 0.2) is 12.1 Å². The van der Waals surface area contributed by atoms with Crippen molar-refractivity contribution < 1.29 is 23.1 Å². The van der Waals surface area contributed by atoms with E-state index in [9.17, 15) is 14.7 Å². The normalized spacial score (nSPS) is 12.8. The van der Waals surface area contributed by atoms with Gasteiger partial charge in [-0.25, -0.2) is 0 Å². The molecule has 1 rings (SSSR count). The quantitative estimate of drug-likeness (QED) is 0.154. The molecule has 1 N–H and O–H groups in total. The van der Waals surface area contributed by atoms with Gasteiger partial charge in [0.25, 0.3) is 12.3 Å². The number of phenolic OH excluding ortho intramolecular Hbond substituents is 1. The van der Waals surface area contributed by atoms with E-state index >= 15 is 0 Å². The first-order valence-corrected chi connectivity index (χ1v) is 15.4. The summed E-state index contributed by atoms with van der Waals surface area (Å²) in [5.74, 6) is -0.618. The third kappa shape index (κ3) is 13.4. The molecule has 0 radical (unpaired) electrons. The number of hydrogen-bond acceptors (Lipinski definition) is 6. The highest BCUT2D eigenvalue weighted by molar-refractivity contribution is 7.90. The lowest BCUT2D eigenvalue weighted by atomic mass is 9.76. The molecule has 0 heterocycles. The number of hydrogen-bond donors (Lipinski definition) is 1. The van der Waals surface area contributed by atoms with Crippen molar-refractivity contribution in [1.29, 1.82) is 0 Å². The van der Waals surface area contributed by atoms with Crippen LogP contribution < -0.4 is 0 Å². The molecule has 218 valence electrons. The number of carbonyl (C=O) groups excluding carboxylic acids is 2. The van der Waals surface area contributed by atoms with Crippen LogP contribution in [0.2, 0.25) is 0 Å². The highest BCUT2D eigenvalue weighted by Gasteiger charge is 2.29. The van der Waals surface area contributed by atoms with Crippen molar-refractivity contribution in [2.45, 2.75) is 156 Å². The first kappa shape index (κ1) is 34.3. The zero-order valence-electron chi connectivity index (χ0n) is 25.4. The molecule has 0 saturated carbocycles. The minimum Gasteiger partial charge on any atom is -0.507 e. The van der Waals surface area contributed by atoms with Gasteiger partial charge in [0.1, 0.15) is 5.75 Å². The van der Waals surface area contributed by atoms with Crippen LogP contribution in [0.3, 0.4) is 0 Å². The van der Waals surface area contributed by atoms with Gasteiger partial charge in [-0.05, 0) is 39.9 Å². The Bertz CT molecular complexity index is 815. The molecular formula is C32H54O5S. The summed E-state index contributed by atoms with van der Waals surface area (Å²) in [4.78, 5) is 23.7. The van der Waals surface area contributed by atoms with Crippen LogP contribution in [-0.4, -0.2) is 17.0 Å². The van der Waals surface area contributed by atoms with Gasteiger partial charge in [-0.1, -0.05) is 131 Å². The van der Waals surface area contributed by atoms with Gasteiger partial charge in [-0.3, -0.25) is 9.59 Å². The summed E-state index contributed by atoms with van der Waals surface area (Å²) in [6, 6.07) is 4.14. The molecule has 0 amide bonds. The van der Waals surface area contributed by atoms with Crippen LogP contribution in [0.25, 0.3) is 0 Å². The summed E-state index contributed by atoms with van der Waals surface area (Å²) >= 11 is 0.430. The van der Waals surface area contributed by atoms with E-state index in [1.54, 1.807) is 0 Å². The van der Waals surface area contributed by atoms with Crippen molar-refractivity contribution in [3.8, 4) is 5.75 Å². The number of aromatic hydroxyl groups is 1. The molecule has 1 atom stereocenters. The summed E-state index contributed by atoms with van der Waals surface area (Å²) in [6.45, 7) is 16.1. The summed E-state index contributed by atoms with van der Waals surface area (Å²) in [6.07, 6.45) is 15.1. The Hall–Kier alpha value is -1.69. The van der Waals surface area contributed by atoms with Gasteiger partial charge < -0.3 is 13.5 Å². The van der Waals surface area contributed by atoms with Crippen molar-refractivity contribution in [2.24, 2.45) is 0 Å². The Morgan fingerprint density at radius 2 is 1.24 bits per heavy atom. The van der Waals surface area contributed by atoms with Gasteiger partial charge in [-0.2, -0.15) is 0 Å². The van der Waals surface area contributed by atoms with Crippen molar-refractivity contribution in [3.05, 3.63) is 28.8 Å².